The van der Waals surface area contributed by atoms with E-state index >= 15 is 0 Å². The SMILES string of the molecule is COc1ccc(Br)c(NC(=O)c2cc(C(C)C)[nH]n2)c1. The number of carbonyl (C=O) groups excluding carboxylic acids is 1. The molecule has 106 valence electrons. The number of hydrogen-bond acceptors (Lipinski definition) is 3. The molecule has 2 aromatic rings. The van der Waals surface area contributed by atoms with E-state index in [1.807, 2.05) is 26.0 Å². The van der Waals surface area contributed by atoms with E-state index in [1.54, 1.807) is 19.2 Å². The number of nitrogens with one attached hydrogen (secondary N) is 2. The highest BCUT2D eigenvalue weighted by Crippen LogP contribution is 2.27. The highest BCUT2D eigenvalue weighted by molar-refractivity contribution is 9.10. The van der Waals surface area contributed by atoms with Crippen LogP contribution in [0.25, 0.3) is 0 Å². The number of H-pyrrole nitrogens is 1. The van der Waals surface area contributed by atoms with Crippen molar-refractivity contribution in [1.82, 2.24) is 10.2 Å². The highest BCUT2D eigenvalue weighted by atomic mass is 79.9. The van der Waals surface area contributed by atoms with Crippen LogP contribution < -0.4 is 10.1 Å². The van der Waals surface area contributed by atoms with Gasteiger partial charge in [0.25, 0.3) is 5.91 Å². The van der Waals surface area contributed by atoms with Gasteiger partial charge in [0.2, 0.25) is 0 Å². The van der Waals surface area contributed by atoms with Crippen LogP contribution in [0, 0.1) is 0 Å². The monoisotopic (exact) mass is 337 g/mol. The van der Waals surface area contributed by atoms with Gasteiger partial charge >= 0.3 is 0 Å². The van der Waals surface area contributed by atoms with E-state index in [4.69, 9.17) is 4.74 Å². The van der Waals surface area contributed by atoms with Crippen molar-refractivity contribution in [1.29, 1.82) is 0 Å². The van der Waals surface area contributed by atoms with Gasteiger partial charge in [-0.2, -0.15) is 5.10 Å². The van der Waals surface area contributed by atoms with Crippen molar-refractivity contribution in [2.24, 2.45) is 0 Å². The van der Waals surface area contributed by atoms with Gasteiger partial charge in [-0.05, 0) is 40.0 Å². The Morgan fingerprint density at radius 3 is 2.75 bits per heavy atom. The molecule has 1 aromatic carbocycles. The number of aromatic amines is 1. The topological polar surface area (TPSA) is 67.0 Å². The molecule has 1 aromatic heterocycles. The maximum absolute atomic E-state index is 12.1. The van der Waals surface area contributed by atoms with Gasteiger partial charge in [0.15, 0.2) is 5.69 Å². The molecule has 0 saturated heterocycles. The Bertz CT molecular complexity index is 623. The number of benzene rings is 1. The summed E-state index contributed by atoms with van der Waals surface area (Å²) in [5.74, 6) is 0.711. The van der Waals surface area contributed by atoms with Crippen LogP contribution in [0.1, 0.15) is 35.9 Å². The molecule has 0 saturated carbocycles. The number of anilines is 1. The number of amides is 1. The molecule has 0 aliphatic rings. The van der Waals surface area contributed by atoms with E-state index in [9.17, 15) is 4.79 Å². The number of ether oxygens (including phenoxy) is 1. The lowest BCUT2D eigenvalue weighted by Crippen LogP contribution is -2.12. The first-order chi connectivity index (χ1) is 9.51. The van der Waals surface area contributed by atoms with Crippen LogP contribution in [0.15, 0.2) is 28.7 Å². The first-order valence-electron chi connectivity index (χ1n) is 6.21. The summed E-state index contributed by atoms with van der Waals surface area (Å²) in [5, 5.41) is 9.69. The van der Waals surface area contributed by atoms with Gasteiger partial charge in [0, 0.05) is 16.2 Å². The minimum absolute atomic E-state index is 0.262. The third-order valence-corrected chi connectivity index (χ3v) is 3.57. The number of aromatic nitrogens is 2. The van der Waals surface area contributed by atoms with E-state index in [1.165, 1.54) is 0 Å². The maximum atomic E-state index is 12.1. The number of halogens is 1. The number of rotatable bonds is 4. The molecule has 1 heterocycles. The van der Waals surface area contributed by atoms with Gasteiger partial charge in [-0.3, -0.25) is 9.89 Å². The smallest absolute Gasteiger partial charge is 0.276 e. The second-order valence-electron chi connectivity index (χ2n) is 4.66. The lowest BCUT2D eigenvalue weighted by atomic mass is 10.1. The summed E-state index contributed by atoms with van der Waals surface area (Å²) in [6.07, 6.45) is 0. The fourth-order valence-corrected chi connectivity index (χ4v) is 2.01. The van der Waals surface area contributed by atoms with Crippen molar-refractivity contribution < 1.29 is 9.53 Å². The van der Waals surface area contributed by atoms with Gasteiger partial charge in [0.1, 0.15) is 5.75 Å². The maximum Gasteiger partial charge on any atom is 0.276 e. The van der Waals surface area contributed by atoms with Crippen molar-refractivity contribution in [3.63, 3.8) is 0 Å². The van der Waals surface area contributed by atoms with Gasteiger partial charge in [0.05, 0.1) is 12.8 Å². The number of hydrogen-bond donors (Lipinski definition) is 2. The summed E-state index contributed by atoms with van der Waals surface area (Å²) in [6.45, 7) is 4.07. The molecule has 0 aliphatic heterocycles. The van der Waals surface area contributed by atoms with Crippen LogP contribution in [0.2, 0.25) is 0 Å². The Balaban J connectivity index is 2.18. The zero-order valence-electron chi connectivity index (χ0n) is 11.5. The average Bonchev–Trinajstić information content (AvgIpc) is 2.91. The predicted molar refractivity (Wildman–Crippen MR) is 81.3 cm³/mol. The Hall–Kier alpha value is -1.82. The quantitative estimate of drug-likeness (QED) is 0.896. The predicted octanol–water partition coefficient (Wildman–Crippen LogP) is 3.56. The molecule has 2 rings (SSSR count). The Morgan fingerprint density at radius 1 is 1.40 bits per heavy atom. The summed E-state index contributed by atoms with van der Waals surface area (Å²) in [4.78, 5) is 12.1. The van der Waals surface area contributed by atoms with E-state index < -0.39 is 0 Å². The summed E-state index contributed by atoms with van der Waals surface area (Å²) in [7, 11) is 1.58. The highest BCUT2D eigenvalue weighted by Gasteiger charge is 2.14. The van der Waals surface area contributed by atoms with Crippen LogP contribution in [-0.2, 0) is 0 Å². The first-order valence-corrected chi connectivity index (χ1v) is 7.00. The molecule has 0 unspecified atom stereocenters. The minimum Gasteiger partial charge on any atom is -0.497 e. The van der Waals surface area contributed by atoms with E-state index in [0.717, 1.165) is 10.2 Å². The number of carbonyl (C=O) groups is 1. The molecule has 20 heavy (non-hydrogen) atoms. The lowest BCUT2D eigenvalue weighted by molar-refractivity contribution is 0.102. The molecule has 0 aliphatic carbocycles. The van der Waals surface area contributed by atoms with Crippen LogP contribution in [0.5, 0.6) is 5.75 Å². The lowest BCUT2D eigenvalue weighted by Gasteiger charge is -2.08. The van der Waals surface area contributed by atoms with Crippen LogP contribution >= 0.6 is 15.9 Å². The molecule has 0 fully saturated rings. The van der Waals surface area contributed by atoms with E-state index in [2.05, 4.69) is 31.4 Å². The molecule has 2 N–H and O–H groups in total. The zero-order valence-corrected chi connectivity index (χ0v) is 13.1. The molecule has 1 amide bonds. The molecular formula is C14H16BrN3O2. The molecular weight excluding hydrogens is 322 g/mol. The summed E-state index contributed by atoms with van der Waals surface area (Å²) in [5.41, 5.74) is 1.94. The Labute approximate surface area is 125 Å². The van der Waals surface area contributed by atoms with Crippen LogP contribution in [0.3, 0.4) is 0 Å². The molecule has 0 radical (unpaired) electrons. The molecule has 5 nitrogen and oxygen atoms in total. The normalized spacial score (nSPS) is 10.7. The van der Waals surface area contributed by atoms with Gasteiger partial charge in [-0.1, -0.05) is 13.8 Å². The second-order valence-corrected chi connectivity index (χ2v) is 5.52. The largest absolute Gasteiger partial charge is 0.497 e. The average molecular weight is 338 g/mol. The third kappa shape index (κ3) is 3.19. The number of nitrogens with zero attached hydrogens (tertiary/aromatic N) is 1. The Morgan fingerprint density at radius 2 is 2.15 bits per heavy atom. The second kappa shape index (κ2) is 6.09. The molecule has 6 heteroatoms. The summed E-state index contributed by atoms with van der Waals surface area (Å²) < 4.78 is 5.92. The van der Waals surface area contributed by atoms with Crippen molar-refractivity contribution in [3.8, 4) is 5.75 Å². The van der Waals surface area contributed by atoms with Gasteiger partial charge < -0.3 is 10.1 Å². The van der Waals surface area contributed by atoms with Gasteiger partial charge in [-0.25, -0.2) is 0 Å². The van der Waals surface area contributed by atoms with Crippen LogP contribution in [0.4, 0.5) is 5.69 Å². The van der Waals surface area contributed by atoms with Gasteiger partial charge in [-0.15, -0.1) is 0 Å². The standard InChI is InChI=1S/C14H16BrN3O2/c1-8(2)11-7-13(18-17-11)14(19)16-12-6-9(20-3)4-5-10(12)15/h4-8H,1-3H3,(H,16,19)(H,17,18). The fraction of sp³-hybridized carbons (Fsp3) is 0.286. The molecule has 0 spiro atoms. The molecule has 0 bridgehead atoms. The van der Waals surface area contributed by atoms with Crippen molar-refractivity contribution in [2.45, 2.75) is 19.8 Å². The van der Waals surface area contributed by atoms with Crippen molar-refractivity contribution >= 4 is 27.5 Å². The number of methoxy groups -OCH3 is 1. The van der Waals surface area contributed by atoms with Crippen molar-refractivity contribution in [2.75, 3.05) is 12.4 Å². The van der Waals surface area contributed by atoms with Crippen LogP contribution in [-0.4, -0.2) is 23.2 Å². The Kier molecular flexibility index (Phi) is 4.44. The summed E-state index contributed by atoms with van der Waals surface area (Å²) in [6, 6.07) is 7.13. The minimum atomic E-state index is -0.262. The molecule has 0 atom stereocenters. The third-order valence-electron chi connectivity index (χ3n) is 2.87. The zero-order chi connectivity index (χ0) is 14.7. The summed E-state index contributed by atoms with van der Waals surface area (Å²) >= 11 is 3.39. The van der Waals surface area contributed by atoms with E-state index in [-0.39, 0.29) is 5.91 Å². The first kappa shape index (κ1) is 14.6. The van der Waals surface area contributed by atoms with Crippen molar-refractivity contribution in [3.05, 3.63) is 40.1 Å². The fourth-order valence-electron chi connectivity index (χ4n) is 1.66. The van der Waals surface area contributed by atoms with E-state index in [0.29, 0.717) is 23.0 Å².